The summed E-state index contributed by atoms with van der Waals surface area (Å²) < 4.78 is 39.1. The second-order valence-electron chi connectivity index (χ2n) is 3.94. The molecule has 86 valence electrons. The van der Waals surface area contributed by atoms with Gasteiger partial charge in [-0.25, -0.2) is 0 Å². The van der Waals surface area contributed by atoms with Crippen molar-refractivity contribution in [2.75, 3.05) is 7.05 Å². The third kappa shape index (κ3) is 2.31. The Kier molecular flexibility index (Phi) is 2.82. The van der Waals surface area contributed by atoms with E-state index in [2.05, 4.69) is 10.4 Å². The van der Waals surface area contributed by atoms with E-state index in [1.165, 1.54) is 17.9 Å². The Balaban J connectivity index is 3.30. The van der Waals surface area contributed by atoms with Crippen molar-refractivity contribution in [3.63, 3.8) is 0 Å². The van der Waals surface area contributed by atoms with Gasteiger partial charge in [-0.3, -0.25) is 4.68 Å². The van der Waals surface area contributed by atoms with E-state index < -0.39 is 17.4 Å². The van der Waals surface area contributed by atoms with E-state index in [-0.39, 0.29) is 5.56 Å². The lowest BCUT2D eigenvalue weighted by Gasteiger charge is -2.24. The maximum Gasteiger partial charge on any atom is 0.435 e. The number of aromatic nitrogens is 2. The summed E-state index contributed by atoms with van der Waals surface area (Å²) in [7, 11) is 3.09. The van der Waals surface area contributed by atoms with Gasteiger partial charge >= 0.3 is 6.18 Å². The van der Waals surface area contributed by atoms with Crippen molar-refractivity contribution < 1.29 is 13.2 Å². The third-order valence-corrected chi connectivity index (χ3v) is 2.40. The highest BCUT2D eigenvalue weighted by Crippen LogP contribution is 2.35. The molecule has 1 aromatic rings. The van der Waals surface area contributed by atoms with Crippen LogP contribution in [0.25, 0.3) is 0 Å². The van der Waals surface area contributed by atoms with Crippen LogP contribution in [0, 0.1) is 0 Å². The first-order chi connectivity index (χ1) is 6.68. The molecule has 1 rings (SSSR count). The van der Waals surface area contributed by atoms with E-state index in [4.69, 9.17) is 0 Å². The summed E-state index contributed by atoms with van der Waals surface area (Å²) in [6.07, 6.45) is -3.02. The molecule has 0 aliphatic carbocycles. The second kappa shape index (κ2) is 3.52. The zero-order valence-corrected chi connectivity index (χ0v) is 9.11. The molecule has 0 aliphatic rings. The van der Waals surface area contributed by atoms with Gasteiger partial charge in [0.1, 0.15) is 0 Å². The topological polar surface area (TPSA) is 29.9 Å². The fourth-order valence-corrected chi connectivity index (χ4v) is 1.29. The van der Waals surface area contributed by atoms with Crippen molar-refractivity contribution in [3.8, 4) is 0 Å². The Bertz CT molecular complexity index is 352. The first-order valence-electron chi connectivity index (χ1n) is 4.48. The fourth-order valence-electron chi connectivity index (χ4n) is 1.29. The van der Waals surface area contributed by atoms with Gasteiger partial charge in [-0.05, 0) is 20.9 Å². The van der Waals surface area contributed by atoms with Crippen LogP contribution in [0.4, 0.5) is 13.2 Å². The lowest BCUT2D eigenvalue weighted by atomic mass is 9.95. The molecule has 15 heavy (non-hydrogen) atoms. The summed E-state index contributed by atoms with van der Waals surface area (Å²) >= 11 is 0. The average Bonchev–Trinajstić information content (AvgIpc) is 2.47. The highest BCUT2D eigenvalue weighted by molar-refractivity contribution is 5.27. The van der Waals surface area contributed by atoms with E-state index in [1.54, 1.807) is 20.9 Å². The van der Waals surface area contributed by atoms with Crippen molar-refractivity contribution >= 4 is 0 Å². The molecule has 1 aromatic heterocycles. The van der Waals surface area contributed by atoms with Gasteiger partial charge in [0.2, 0.25) is 0 Å². The number of hydrogen-bond donors (Lipinski definition) is 1. The molecule has 0 atom stereocenters. The van der Waals surface area contributed by atoms with Crippen molar-refractivity contribution in [1.29, 1.82) is 0 Å². The average molecular weight is 221 g/mol. The number of rotatable bonds is 2. The first kappa shape index (κ1) is 12.0. The number of aryl methyl sites for hydroxylation is 1. The van der Waals surface area contributed by atoms with Gasteiger partial charge in [0.15, 0.2) is 5.69 Å². The van der Waals surface area contributed by atoms with Crippen LogP contribution in [0.1, 0.15) is 25.1 Å². The summed E-state index contributed by atoms with van der Waals surface area (Å²) in [5, 5.41) is 6.28. The van der Waals surface area contributed by atoms with Gasteiger partial charge in [0, 0.05) is 24.3 Å². The van der Waals surface area contributed by atoms with Crippen LogP contribution >= 0.6 is 0 Å². The monoisotopic (exact) mass is 221 g/mol. The minimum Gasteiger partial charge on any atom is -0.311 e. The molecule has 0 saturated heterocycles. The largest absolute Gasteiger partial charge is 0.435 e. The van der Waals surface area contributed by atoms with Crippen LogP contribution in [0.3, 0.4) is 0 Å². The highest BCUT2D eigenvalue weighted by atomic mass is 19.4. The lowest BCUT2D eigenvalue weighted by Crippen LogP contribution is -2.34. The maximum atomic E-state index is 12.6. The molecule has 1 N–H and O–H groups in total. The van der Waals surface area contributed by atoms with Gasteiger partial charge in [-0.15, -0.1) is 0 Å². The van der Waals surface area contributed by atoms with Crippen LogP contribution in [0.5, 0.6) is 0 Å². The number of nitrogens with one attached hydrogen (secondary N) is 1. The van der Waals surface area contributed by atoms with E-state index in [1.807, 2.05) is 0 Å². The molecule has 1 heterocycles. The van der Waals surface area contributed by atoms with Crippen LogP contribution in [-0.4, -0.2) is 16.8 Å². The minimum atomic E-state index is -4.41. The Hall–Kier alpha value is -1.04. The molecule has 0 radical (unpaired) electrons. The molecule has 0 fully saturated rings. The van der Waals surface area contributed by atoms with Gasteiger partial charge in [-0.1, -0.05) is 0 Å². The molecule has 0 saturated carbocycles. The summed E-state index contributed by atoms with van der Waals surface area (Å²) in [4.78, 5) is 0. The summed E-state index contributed by atoms with van der Waals surface area (Å²) in [6, 6.07) is 0. The van der Waals surface area contributed by atoms with Crippen molar-refractivity contribution in [3.05, 3.63) is 17.5 Å². The Morgan fingerprint density at radius 2 is 1.87 bits per heavy atom. The van der Waals surface area contributed by atoms with E-state index in [9.17, 15) is 13.2 Å². The smallest absolute Gasteiger partial charge is 0.311 e. The molecule has 3 nitrogen and oxygen atoms in total. The molecule has 0 aliphatic heterocycles. The van der Waals surface area contributed by atoms with Gasteiger partial charge in [0.25, 0.3) is 0 Å². The van der Waals surface area contributed by atoms with Gasteiger partial charge in [-0.2, -0.15) is 18.3 Å². The molecular formula is C9H14F3N3. The maximum absolute atomic E-state index is 12.6. The van der Waals surface area contributed by atoms with Crippen LogP contribution < -0.4 is 5.32 Å². The number of halogens is 3. The Morgan fingerprint density at radius 1 is 1.33 bits per heavy atom. The van der Waals surface area contributed by atoms with Crippen LogP contribution in [0.2, 0.25) is 0 Å². The molecule has 6 heteroatoms. The zero-order valence-electron chi connectivity index (χ0n) is 9.11. The second-order valence-corrected chi connectivity index (χ2v) is 3.94. The standard InChI is InChI=1S/C9H14F3N3/c1-8(2,13-3)6-5-15(4)14-7(6)9(10,11)12/h5,13H,1-4H3. The highest BCUT2D eigenvalue weighted by Gasteiger charge is 2.40. The Morgan fingerprint density at radius 3 is 2.27 bits per heavy atom. The fraction of sp³-hybridized carbons (Fsp3) is 0.667. The molecule has 0 amide bonds. The zero-order chi connectivity index (χ0) is 11.9. The van der Waals surface area contributed by atoms with Gasteiger partial charge < -0.3 is 5.32 Å². The molecule has 0 spiro atoms. The minimum absolute atomic E-state index is 0.153. The summed E-state index contributed by atoms with van der Waals surface area (Å²) in [6.45, 7) is 3.36. The predicted molar refractivity (Wildman–Crippen MR) is 50.3 cm³/mol. The number of nitrogens with zero attached hydrogens (tertiary/aromatic N) is 2. The lowest BCUT2D eigenvalue weighted by molar-refractivity contribution is -0.142. The van der Waals surface area contributed by atoms with Crippen LogP contribution in [-0.2, 0) is 18.8 Å². The number of hydrogen-bond acceptors (Lipinski definition) is 2. The van der Waals surface area contributed by atoms with E-state index in [0.29, 0.717) is 0 Å². The SMILES string of the molecule is CNC(C)(C)c1cn(C)nc1C(F)(F)F. The summed E-state index contributed by atoms with van der Waals surface area (Å²) in [5.41, 5.74) is -1.43. The predicted octanol–water partition coefficient (Wildman–Crippen LogP) is 1.89. The van der Waals surface area contributed by atoms with Crippen molar-refractivity contribution in [2.24, 2.45) is 7.05 Å². The first-order valence-corrected chi connectivity index (χ1v) is 4.48. The van der Waals surface area contributed by atoms with E-state index >= 15 is 0 Å². The normalized spacial score (nSPS) is 13.3. The molecular weight excluding hydrogens is 207 g/mol. The van der Waals surface area contributed by atoms with E-state index in [0.717, 1.165) is 0 Å². The van der Waals surface area contributed by atoms with Gasteiger partial charge in [0.05, 0.1) is 0 Å². The molecule has 0 bridgehead atoms. The molecule has 0 aromatic carbocycles. The molecule has 0 unspecified atom stereocenters. The number of alkyl halides is 3. The Labute approximate surface area is 86.3 Å². The van der Waals surface area contributed by atoms with Crippen LogP contribution in [0.15, 0.2) is 6.20 Å². The summed E-state index contributed by atoms with van der Waals surface area (Å²) in [5.74, 6) is 0. The van der Waals surface area contributed by atoms with Crippen molar-refractivity contribution in [2.45, 2.75) is 25.6 Å². The third-order valence-electron chi connectivity index (χ3n) is 2.40. The van der Waals surface area contributed by atoms with Crippen molar-refractivity contribution in [1.82, 2.24) is 15.1 Å². The quantitative estimate of drug-likeness (QED) is 0.826.